The minimum absolute atomic E-state index is 0.244. The Hall–Kier alpha value is -4.27. The summed E-state index contributed by atoms with van der Waals surface area (Å²) in [7, 11) is 0. The number of imidazole rings is 1. The number of nitrogens with one attached hydrogen (secondary N) is 2. The number of ether oxygens (including phenoxy) is 2. The highest BCUT2D eigenvalue weighted by atomic mass is 16.7. The van der Waals surface area contributed by atoms with Crippen molar-refractivity contribution in [2.45, 2.75) is 0 Å². The molecule has 2 aliphatic rings. The van der Waals surface area contributed by atoms with Gasteiger partial charge in [-0.25, -0.2) is 9.97 Å². The van der Waals surface area contributed by atoms with Crippen LogP contribution in [-0.2, 0) is 0 Å². The molecule has 7 rings (SSSR count). The molecule has 2 aromatic carbocycles. The molecule has 0 spiro atoms. The molecule has 5 aromatic rings. The van der Waals surface area contributed by atoms with Crippen molar-refractivity contribution in [2.24, 2.45) is 0 Å². The summed E-state index contributed by atoms with van der Waals surface area (Å²) in [6, 6.07) is 16.3. The summed E-state index contributed by atoms with van der Waals surface area (Å²) in [5.74, 6) is 3.23. The van der Waals surface area contributed by atoms with Crippen molar-refractivity contribution in [3.8, 4) is 23.0 Å². The molecule has 0 aliphatic carbocycles. The lowest BCUT2D eigenvalue weighted by Gasteiger charge is -2.36. The van der Waals surface area contributed by atoms with Gasteiger partial charge in [0.2, 0.25) is 6.79 Å². The molecule has 3 aromatic heterocycles. The predicted octanol–water partition coefficient (Wildman–Crippen LogP) is 3.56. The van der Waals surface area contributed by atoms with E-state index in [1.165, 1.54) is 5.69 Å². The van der Waals surface area contributed by atoms with Crippen LogP contribution < -0.4 is 19.3 Å². The summed E-state index contributed by atoms with van der Waals surface area (Å²) >= 11 is 0. The third-order valence-electron chi connectivity index (χ3n) is 6.36. The van der Waals surface area contributed by atoms with Gasteiger partial charge in [-0.3, -0.25) is 5.10 Å². The molecular weight excluding hydrogens is 418 g/mol. The highest BCUT2D eigenvalue weighted by Crippen LogP contribution is 2.38. The third-order valence-corrected chi connectivity index (χ3v) is 6.36. The molecule has 0 atom stereocenters. The van der Waals surface area contributed by atoms with Gasteiger partial charge in [-0.05, 0) is 36.4 Å². The first-order valence-corrected chi connectivity index (χ1v) is 11.0. The van der Waals surface area contributed by atoms with Gasteiger partial charge in [0.1, 0.15) is 11.5 Å². The number of hydrogen-bond acceptors (Lipinski definition) is 7. The molecule has 5 heterocycles. The fraction of sp³-hybridized carbons (Fsp3) is 0.208. The van der Waals surface area contributed by atoms with Crippen LogP contribution in [0, 0.1) is 0 Å². The number of H-pyrrole nitrogens is 2. The molecule has 0 saturated carbocycles. The Kier molecular flexibility index (Phi) is 3.95. The van der Waals surface area contributed by atoms with E-state index < -0.39 is 0 Å². The number of anilines is 2. The zero-order valence-corrected chi connectivity index (χ0v) is 17.8. The van der Waals surface area contributed by atoms with Crippen LogP contribution in [0.25, 0.3) is 33.5 Å². The van der Waals surface area contributed by atoms with Gasteiger partial charge < -0.3 is 24.3 Å². The lowest BCUT2D eigenvalue weighted by atomic mass is 10.2. The van der Waals surface area contributed by atoms with Gasteiger partial charge in [-0.2, -0.15) is 5.10 Å². The molecule has 2 aliphatic heterocycles. The quantitative estimate of drug-likeness (QED) is 0.444. The molecule has 0 radical (unpaired) electrons. The molecule has 0 bridgehead atoms. The topological polar surface area (TPSA) is 95.2 Å². The maximum absolute atomic E-state index is 5.54. The molecule has 164 valence electrons. The molecular formula is C24H21N7O2. The molecule has 1 saturated heterocycles. The standard InChI is InChI=1S/C24H21N7O2/c1-2-6-25-22(3-1)31-9-7-30(8-10-31)15-4-5-17-19(11-15)27-24(26-17)23-16-12-20-21(33-14-32-20)13-18(16)28-29-23/h1-6,11-13H,7-10,14H2,(H,26,27)(H,28,29). The second kappa shape index (κ2) is 7.13. The lowest BCUT2D eigenvalue weighted by Crippen LogP contribution is -2.46. The van der Waals surface area contributed by atoms with Crippen LogP contribution in [0.4, 0.5) is 11.5 Å². The van der Waals surface area contributed by atoms with Gasteiger partial charge in [0.15, 0.2) is 17.3 Å². The fourth-order valence-corrected chi connectivity index (χ4v) is 4.63. The summed E-state index contributed by atoms with van der Waals surface area (Å²) in [5.41, 5.74) is 4.75. The van der Waals surface area contributed by atoms with Crippen LogP contribution in [0.2, 0.25) is 0 Å². The molecule has 0 amide bonds. The normalized spacial score (nSPS) is 15.6. The molecule has 1 fully saturated rings. The first-order valence-electron chi connectivity index (χ1n) is 11.0. The first-order chi connectivity index (χ1) is 16.3. The summed E-state index contributed by atoms with van der Waals surface area (Å²) in [4.78, 5) is 17.5. The van der Waals surface area contributed by atoms with E-state index in [0.717, 1.165) is 77.0 Å². The Bertz CT molecular complexity index is 1470. The SMILES string of the molecule is c1ccc(N2CCN(c3ccc4nc(-c5n[nH]c6cc7c(cc56)OCO7)[nH]c4c3)CC2)nc1. The second-order valence-electron chi connectivity index (χ2n) is 8.27. The monoisotopic (exact) mass is 439 g/mol. The number of hydrogen-bond donors (Lipinski definition) is 2. The molecule has 9 heteroatoms. The van der Waals surface area contributed by atoms with Crippen LogP contribution in [0.15, 0.2) is 54.7 Å². The van der Waals surface area contributed by atoms with E-state index in [1.54, 1.807) is 0 Å². The smallest absolute Gasteiger partial charge is 0.231 e. The van der Waals surface area contributed by atoms with Crippen LogP contribution in [0.1, 0.15) is 0 Å². The maximum atomic E-state index is 5.54. The number of aromatic amines is 2. The molecule has 33 heavy (non-hydrogen) atoms. The number of pyridine rings is 1. The van der Waals surface area contributed by atoms with Crippen LogP contribution >= 0.6 is 0 Å². The minimum Gasteiger partial charge on any atom is -0.454 e. The minimum atomic E-state index is 0.244. The van der Waals surface area contributed by atoms with Crippen molar-refractivity contribution in [3.05, 3.63) is 54.7 Å². The lowest BCUT2D eigenvalue weighted by molar-refractivity contribution is 0.174. The number of piperazine rings is 1. The van der Waals surface area contributed by atoms with E-state index >= 15 is 0 Å². The molecule has 0 unspecified atom stereocenters. The van der Waals surface area contributed by atoms with Crippen molar-refractivity contribution in [3.63, 3.8) is 0 Å². The summed E-state index contributed by atoms with van der Waals surface area (Å²) in [6.45, 7) is 4.02. The first kappa shape index (κ1) is 18.3. The Morgan fingerprint density at radius 1 is 0.848 bits per heavy atom. The summed E-state index contributed by atoms with van der Waals surface area (Å²) < 4.78 is 11.0. The van der Waals surface area contributed by atoms with E-state index in [-0.39, 0.29) is 6.79 Å². The number of aromatic nitrogens is 5. The number of nitrogens with zero attached hydrogens (tertiary/aromatic N) is 5. The summed E-state index contributed by atoms with van der Waals surface area (Å²) in [6.07, 6.45) is 1.85. The predicted molar refractivity (Wildman–Crippen MR) is 126 cm³/mol. The highest BCUT2D eigenvalue weighted by molar-refractivity contribution is 5.95. The second-order valence-corrected chi connectivity index (χ2v) is 8.27. The largest absolute Gasteiger partial charge is 0.454 e. The molecule has 9 nitrogen and oxygen atoms in total. The van der Waals surface area contributed by atoms with Crippen molar-refractivity contribution in [1.29, 1.82) is 0 Å². The van der Waals surface area contributed by atoms with Gasteiger partial charge >= 0.3 is 0 Å². The third kappa shape index (κ3) is 3.04. The van der Waals surface area contributed by atoms with Gasteiger partial charge in [0, 0.05) is 49.5 Å². The number of benzene rings is 2. The Labute approximate surface area is 189 Å². The zero-order chi connectivity index (χ0) is 21.8. The molecule has 2 N–H and O–H groups in total. The maximum Gasteiger partial charge on any atom is 0.231 e. The van der Waals surface area contributed by atoms with Gasteiger partial charge in [-0.1, -0.05) is 6.07 Å². The Morgan fingerprint density at radius 2 is 1.70 bits per heavy atom. The average molecular weight is 439 g/mol. The van der Waals surface area contributed by atoms with Crippen LogP contribution in [0.5, 0.6) is 11.5 Å². The van der Waals surface area contributed by atoms with Crippen molar-refractivity contribution in [2.75, 3.05) is 42.8 Å². The summed E-state index contributed by atoms with van der Waals surface area (Å²) in [5, 5.41) is 8.53. The Morgan fingerprint density at radius 3 is 2.55 bits per heavy atom. The zero-order valence-electron chi connectivity index (χ0n) is 17.8. The Balaban J connectivity index is 1.16. The highest BCUT2D eigenvalue weighted by Gasteiger charge is 2.21. The van der Waals surface area contributed by atoms with Crippen molar-refractivity contribution < 1.29 is 9.47 Å². The van der Waals surface area contributed by atoms with Crippen molar-refractivity contribution >= 4 is 33.4 Å². The van der Waals surface area contributed by atoms with E-state index in [0.29, 0.717) is 0 Å². The van der Waals surface area contributed by atoms with Gasteiger partial charge in [0.05, 0.1) is 16.6 Å². The van der Waals surface area contributed by atoms with E-state index in [1.807, 2.05) is 30.5 Å². The number of fused-ring (bicyclic) bond motifs is 3. The fourth-order valence-electron chi connectivity index (χ4n) is 4.63. The van der Waals surface area contributed by atoms with E-state index in [4.69, 9.17) is 14.5 Å². The van der Waals surface area contributed by atoms with Crippen LogP contribution in [-0.4, -0.2) is 58.1 Å². The van der Waals surface area contributed by atoms with E-state index in [9.17, 15) is 0 Å². The number of rotatable bonds is 3. The van der Waals surface area contributed by atoms with Crippen molar-refractivity contribution in [1.82, 2.24) is 25.1 Å². The van der Waals surface area contributed by atoms with E-state index in [2.05, 4.69) is 54.2 Å². The average Bonchev–Trinajstić information content (AvgIpc) is 3.60. The van der Waals surface area contributed by atoms with Gasteiger partial charge in [-0.15, -0.1) is 0 Å². The van der Waals surface area contributed by atoms with Crippen LogP contribution in [0.3, 0.4) is 0 Å². The van der Waals surface area contributed by atoms with Gasteiger partial charge in [0.25, 0.3) is 0 Å².